The van der Waals surface area contributed by atoms with Gasteiger partial charge in [-0.1, -0.05) is 12.1 Å². The molecule has 9 nitrogen and oxygen atoms in total. The molecule has 1 fully saturated rings. The quantitative estimate of drug-likeness (QED) is 0.449. The Bertz CT molecular complexity index is 844. The number of fused-ring (bicyclic) bond motifs is 1. The average Bonchev–Trinajstić information content (AvgIpc) is 3.30. The van der Waals surface area contributed by atoms with Gasteiger partial charge in [0.05, 0.1) is 5.69 Å². The van der Waals surface area contributed by atoms with E-state index >= 15 is 0 Å². The molecule has 0 bridgehead atoms. The molecule has 1 saturated heterocycles. The standard InChI is InChI=1S/C20H27N7O2/c1-21-20(26-11-7-15(8-12-26)19-23-14-24-25-19)22-9-4-10-27-16-5-2-3-6-17(16)29-13-18(27)28/h2-3,5-6,14-15H,4,7-13H2,1H3,(H,21,22)(H,23,24,25). The van der Waals surface area contributed by atoms with E-state index < -0.39 is 0 Å². The van der Waals surface area contributed by atoms with Crippen LogP contribution in [0.2, 0.25) is 0 Å². The molecule has 2 aliphatic rings. The number of piperidine rings is 1. The van der Waals surface area contributed by atoms with E-state index in [0.29, 0.717) is 12.5 Å². The third-order valence-electron chi connectivity index (χ3n) is 5.48. The Morgan fingerprint density at radius 1 is 1.34 bits per heavy atom. The highest BCUT2D eigenvalue weighted by Crippen LogP contribution is 2.31. The lowest BCUT2D eigenvalue weighted by Gasteiger charge is -2.33. The van der Waals surface area contributed by atoms with Crippen LogP contribution in [0.5, 0.6) is 5.75 Å². The first kappa shape index (κ1) is 19.2. The Kier molecular flexibility index (Phi) is 5.92. The van der Waals surface area contributed by atoms with Crippen molar-refractivity contribution in [2.75, 3.05) is 44.7 Å². The van der Waals surface area contributed by atoms with E-state index in [0.717, 1.165) is 62.1 Å². The summed E-state index contributed by atoms with van der Waals surface area (Å²) in [4.78, 5) is 25.1. The number of hydrogen-bond donors (Lipinski definition) is 2. The third-order valence-corrected chi connectivity index (χ3v) is 5.48. The number of H-pyrrole nitrogens is 1. The minimum atomic E-state index is 0.00238. The van der Waals surface area contributed by atoms with E-state index in [-0.39, 0.29) is 12.5 Å². The summed E-state index contributed by atoms with van der Waals surface area (Å²) in [5.74, 6) is 3.09. The number of amides is 1. The zero-order valence-electron chi connectivity index (χ0n) is 16.7. The topological polar surface area (TPSA) is 98.7 Å². The molecule has 2 N–H and O–H groups in total. The summed E-state index contributed by atoms with van der Waals surface area (Å²) in [6.07, 6.45) is 4.44. The van der Waals surface area contributed by atoms with Crippen LogP contribution in [0.1, 0.15) is 31.0 Å². The summed E-state index contributed by atoms with van der Waals surface area (Å²) in [7, 11) is 1.81. The second-order valence-electron chi connectivity index (χ2n) is 7.26. The molecule has 0 spiro atoms. The first-order valence-corrected chi connectivity index (χ1v) is 10.1. The van der Waals surface area contributed by atoms with Crippen LogP contribution < -0.4 is 15.0 Å². The number of para-hydroxylation sites is 2. The van der Waals surface area contributed by atoms with Crippen molar-refractivity contribution < 1.29 is 9.53 Å². The molecular formula is C20H27N7O2. The number of likely N-dealkylation sites (tertiary alicyclic amines) is 1. The Balaban J connectivity index is 1.24. The van der Waals surface area contributed by atoms with Crippen LogP contribution in [-0.2, 0) is 4.79 Å². The molecule has 1 aromatic heterocycles. The van der Waals surface area contributed by atoms with Crippen molar-refractivity contribution in [3.05, 3.63) is 36.4 Å². The molecule has 154 valence electrons. The molecule has 0 unspecified atom stereocenters. The summed E-state index contributed by atoms with van der Waals surface area (Å²) in [5.41, 5.74) is 0.850. The van der Waals surface area contributed by atoms with E-state index in [2.05, 4.69) is 30.4 Å². The van der Waals surface area contributed by atoms with Crippen LogP contribution in [-0.4, -0.2) is 71.8 Å². The fraction of sp³-hybridized carbons (Fsp3) is 0.500. The fourth-order valence-corrected chi connectivity index (χ4v) is 3.95. The lowest BCUT2D eigenvalue weighted by atomic mass is 9.96. The molecule has 9 heteroatoms. The lowest BCUT2D eigenvalue weighted by molar-refractivity contribution is -0.121. The molecular weight excluding hydrogens is 370 g/mol. The van der Waals surface area contributed by atoms with Gasteiger partial charge in [-0.25, -0.2) is 4.98 Å². The van der Waals surface area contributed by atoms with Gasteiger partial charge < -0.3 is 19.9 Å². The maximum atomic E-state index is 12.3. The van der Waals surface area contributed by atoms with Crippen molar-refractivity contribution in [3.63, 3.8) is 0 Å². The molecule has 3 heterocycles. The van der Waals surface area contributed by atoms with E-state index in [4.69, 9.17) is 4.74 Å². The smallest absolute Gasteiger partial charge is 0.265 e. The third kappa shape index (κ3) is 4.33. The number of ether oxygens (including phenoxy) is 1. The predicted molar refractivity (Wildman–Crippen MR) is 110 cm³/mol. The van der Waals surface area contributed by atoms with E-state index in [9.17, 15) is 4.79 Å². The summed E-state index contributed by atoms with van der Waals surface area (Å²) >= 11 is 0. The zero-order valence-corrected chi connectivity index (χ0v) is 16.7. The Hall–Kier alpha value is -3.10. The van der Waals surface area contributed by atoms with Gasteiger partial charge in [0.25, 0.3) is 5.91 Å². The van der Waals surface area contributed by atoms with Crippen LogP contribution >= 0.6 is 0 Å². The predicted octanol–water partition coefficient (Wildman–Crippen LogP) is 1.38. The number of hydrogen-bond acceptors (Lipinski definition) is 5. The molecule has 0 aliphatic carbocycles. The van der Waals surface area contributed by atoms with Gasteiger partial charge in [-0.2, -0.15) is 5.10 Å². The number of aliphatic imine (C=N–C) groups is 1. The molecule has 4 rings (SSSR count). The number of rotatable bonds is 5. The van der Waals surface area contributed by atoms with Gasteiger partial charge in [0.2, 0.25) is 0 Å². The summed E-state index contributed by atoms with van der Waals surface area (Å²) in [6, 6.07) is 7.68. The molecule has 2 aliphatic heterocycles. The van der Waals surface area contributed by atoms with Gasteiger partial charge in [0, 0.05) is 39.1 Å². The Morgan fingerprint density at radius 3 is 2.93 bits per heavy atom. The number of anilines is 1. The highest BCUT2D eigenvalue weighted by Gasteiger charge is 2.26. The number of nitrogens with one attached hydrogen (secondary N) is 2. The number of aromatic nitrogens is 3. The van der Waals surface area contributed by atoms with Crippen molar-refractivity contribution >= 4 is 17.6 Å². The van der Waals surface area contributed by atoms with Crippen molar-refractivity contribution in [3.8, 4) is 5.75 Å². The maximum Gasteiger partial charge on any atom is 0.265 e. The summed E-state index contributed by atoms with van der Waals surface area (Å²) < 4.78 is 5.50. The molecule has 0 radical (unpaired) electrons. The molecule has 1 aromatic carbocycles. The van der Waals surface area contributed by atoms with Gasteiger partial charge in [-0.05, 0) is 31.4 Å². The molecule has 0 atom stereocenters. The highest BCUT2D eigenvalue weighted by atomic mass is 16.5. The number of nitrogens with zero attached hydrogens (tertiary/aromatic N) is 5. The van der Waals surface area contributed by atoms with Crippen LogP contribution in [0.4, 0.5) is 5.69 Å². The van der Waals surface area contributed by atoms with Gasteiger partial charge in [0.1, 0.15) is 17.9 Å². The van der Waals surface area contributed by atoms with Gasteiger partial charge >= 0.3 is 0 Å². The number of benzene rings is 1. The Labute approximate surface area is 170 Å². The van der Waals surface area contributed by atoms with Crippen molar-refractivity contribution in [1.29, 1.82) is 0 Å². The second kappa shape index (κ2) is 8.93. The molecule has 0 saturated carbocycles. The van der Waals surface area contributed by atoms with Crippen LogP contribution in [0.25, 0.3) is 0 Å². The average molecular weight is 397 g/mol. The first-order chi connectivity index (χ1) is 14.3. The van der Waals surface area contributed by atoms with Crippen LogP contribution in [0.3, 0.4) is 0 Å². The zero-order chi connectivity index (χ0) is 20.1. The number of carbonyl (C=O) groups is 1. The van der Waals surface area contributed by atoms with Gasteiger partial charge in [-0.3, -0.25) is 14.9 Å². The SMILES string of the molecule is CN=C(NCCCN1C(=O)COc2ccccc21)N1CCC(c2ncn[nH]2)CC1. The second-order valence-corrected chi connectivity index (χ2v) is 7.26. The van der Waals surface area contributed by atoms with Crippen molar-refractivity contribution in [1.82, 2.24) is 25.4 Å². The van der Waals surface area contributed by atoms with Gasteiger partial charge in [-0.15, -0.1) is 0 Å². The van der Waals surface area contributed by atoms with E-state index in [1.54, 1.807) is 6.33 Å². The normalized spacial score (nSPS) is 17.8. The van der Waals surface area contributed by atoms with Crippen LogP contribution in [0.15, 0.2) is 35.6 Å². The minimum Gasteiger partial charge on any atom is -0.482 e. The van der Waals surface area contributed by atoms with Crippen molar-refractivity contribution in [2.45, 2.75) is 25.2 Å². The first-order valence-electron chi connectivity index (χ1n) is 10.1. The summed E-state index contributed by atoms with van der Waals surface area (Å²) in [6.45, 7) is 3.37. The minimum absolute atomic E-state index is 0.00238. The van der Waals surface area contributed by atoms with Crippen LogP contribution in [0, 0.1) is 0 Å². The number of aromatic amines is 1. The van der Waals surface area contributed by atoms with Crippen molar-refractivity contribution in [2.24, 2.45) is 4.99 Å². The highest BCUT2D eigenvalue weighted by molar-refractivity contribution is 5.97. The largest absolute Gasteiger partial charge is 0.482 e. The monoisotopic (exact) mass is 397 g/mol. The number of guanidine groups is 1. The van der Waals surface area contributed by atoms with Gasteiger partial charge in [0.15, 0.2) is 12.6 Å². The molecule has 2 aromatic rings. The van der Waals surface area contributed by atoms with E-state index in [1.165, 1.54) is 0 Å². The summed E-state index contributed by atoms with van der Waals surface area (Å²) in [5, 5.41) is 10.4. The maximum absolute atomic E-state index is 12.3. The fourth-order valence-electron chi connectivity index (χ4n) is 3.95. The lowest BCUT2D eigenvalue weighted by Crippen LogP contribution is -2.46. The molecule has 29 heavy (non-hydrogen) atoms. The Morgan fingerprint density at radius 2 is 2.17 bits per heavy atom. The molecule has 1 amide bonds. The number of carbonyl (C=O) groups excluding carboxylic acids is 1. The van der Waals surface area contributed by atoms with E-state index in [1.807, 2.05) is 36.2 Å².